The molecule has 0 saturated carbocycles. The summed E-state index contributed by atoms with van der Waals surface area (Å²) in [6.07, 6.45) is 2.16. The van der Waals surface area contributed by atoms with Gasteiger partial charge in [-0.3, -0.25) is 0 Å². The number of ether oxygens (including phenoxy) is 2. The highest BCUT2D eigenvalue weighted by atomic mass is 16.7. The largest absolute Gasteiger partial charge is 0.514 e. The third kappa shape index (κ3) is 7.42. The number of urea groups is 1. The molecule has 2 heterocycles. The number of rotatable bonds is 8. The van der Waals surface area contributed by atoms with Gasteiger partial charge in [0.2, 0.25) is 0 Å². The molecule has 0 atom stereocenters. The number of nitrogens with zero attached hydrogens (tertiary/aromatic N) is 4. The van der Waals surface area contributed by atoms with Crippen LogP contribution in [0.4, 0.5) is 15.3 Å². The molecular formula is C32H39N5O4. The van der Waals surface area contributed by atoms with E-state index in [9.17, 15) is 9.59 Å². The first-order chi connectivity index (χ1) is 19.4. The van der Waals surface area contributed by atoms with E-state index in [0.717, 1.165) is 58.6 Å². The van der Waals surface area contributed by atoms with Crippen molar-refractivity contribution in [3.63, 3.8) is 0 Å². The topological polar surface area (TPSA) is 98.6 Å². The molecule has 0 aliphatic rings. The molecule has 4 rings (SSSR count). The summed E-state index contributed by atoms with van der Waals surface area (Å²) in [5, 5.41) is 2.91. The van der Waals surface area contributed by atoms with Gasteiger partial charge in [-0.15, -0.1) is 0 Å². The zero-order valence-electron chi connectivity index (χ0n) is 24.9. The summed E-state index contributed by atoms with van der Waals surface area (Å²) in [4.78, 5) is 35.8. The van der Waals surface area contributed by atoms with Crippen molar-refractivity contribution in [1.82, 2.24) is 19.4 Å². The Morgan fingerprint density at radius 1 is 1.02 bits per heavy atom. The number of imidazole rings is 1. The maximum Gasteiger partial charge on any atom is 0.514 e. The number of amides is 2. The van der Waals surface area contributed by atoms with Gasteiger partial charge in [-0.2, -0.15) is 0 Å². The highest BCUT2D eigenvalue weighted by Gasteiger charge is 2.20. The molecule has 9 heteroatoms. The molecule has 0 fully saturated rings. The molecule has 0 unspecified atom stereocenters. The predicted octanol–water partition coefficient (Wildman–Crippen LogP) is 7.21. The average Bonchev–Trinajstić information content (AvgIpc) is 3.22. The molecule has 2 aromatic heterocycles. The zero-order chi connectivity index (χ0) is 29.7. The Bertz CT molecular complexity index is 1530. The second kappa shape index (κ2) is 12.4. The van der Waals surface area contributed by atoms with E-state index >= 15 is 0 Å². The number of carbonyl (C=O) groups is 2. The van der Waals surface area contributed by atoms with Crippen molar-refractivity contribution in [3.05, 3.63) is 71.7 Å². The molecule has 1 N–H and O–H groups in total. The molecule has 0 saturated heterocycles. The van der Waals surface area contributed by atoms with E-state index in [1.807, 2.05) is 43.3 Å². The number of unbranched alkanes of at least 4 members (excludes halogenated alkanes) is 1. The molecule has 0 bridgehead atoms. The van der Waals surface area contributed by atoms with Gasteiger partial charge in [0.05, 0.1) is 17.9 Å². The minimum Gasteiger partial charge on any atom is -0.428 e. The van der Waals surface area contributed by atoms with E-state index in [0.29, 0.717) is 18.0 Å². The Hall–Kier alpha value is -4.40. The number of aryl methyl sites for hydroxylation is 2. The number of anilines is 1. The quantitative estimate of drug-likeness (QED) is 0.182. The number of aromatic nitrogens is 3. The van der Waals surface area contributed by atoms with Crippen LogP contribution in [0.2, 0.25) is 0 Å². The smallest absolute Gasteiger partial charge is 0.428 e. The Kier molecular flexibility index (Phi) is 8.95. The minimum absolute atomic E-state index is 0.210. The minimum atomic E-state index is -0.736. The van der Waals surface area contributed by atoms with Crippen molar-refractivity contribution in [1.29, 1.82) is 0 Å². The van der Waals surface area contributed by atoms with Crippen LogP contribution in [0.1, 0.15) is 57.6 Å². The molecule has 0 radical (unpaired) electrons. The van der Waals surface area contributed by atoms with Crippen molar-refractivity contribution < 1.29 is 19.1 Å². The highest BCUT2D eigenvalue weighted by Crippen LogP contribution is 2.31. The second-order valence-corrected chi connectivity index (χ2v) is 11.3. The van der Waals surface area contributed by atoms with Gasteiger partial charge in [0, 0.05) is 26.1 Å². The van der Waals surface area contributed by atoms with Crippen LogP contribution in [0, 0.1) is 6.92 Å². The van der Waals surface area contributed by atoms with Crippen LogP contribution in [-0.4, -0.2) is 51.3 Å². The van der Waals surface area contributed by atoms with E-state index in [-0.39, 0.29) is 6.03 Å². The Labute approximate surface area is 241 Å². The number of hydrogen-bond donors (Lipinski definition) is 1. The third-order valence-electron chi connectivity index (χ3n) is 6.47. The number of fused-ring (bicyclic) bond motifs is 1. The average molecular weight is 558 g/mol. The summed E-state index contributed by atoms with van der Waals surface area (Å²) < 4.78 is 13.0. The fourth-order valence-electron chi connectivity index (χ4n) is 4.36. The van der Waals surface area contributed by atoms with Gasteiger partial charge in [0.1, 0.15) is 22.7 Å². The zero-order valence-corrected chi connectivity index (χ0v) is 24.9. The fraction of sp³-hybridized carbons (Fsp3) is 0.375. The molecule has 0 aliphatic heterocycles. The van der Waals surface area contributed by atoms with Crippen molar-refractivity contribution in [2.24, 2.45) is 0 Å². The van der Waals surface area contributed by atoms with Gasteiger partial charge >= 0.3 is 12.2 Å². The van der Waals surface area contributed by atoms with Crippen molar-refractivity contribution in [2.75, 3.05) is 19.4 Å². The SMILES string of the molecule is CCCCc1nc2cc(NC(=O)N(C)C)c(C)nc2n1Cc1ccc(-c2ccccc2OC(=O)OC(C)(C)C)cc1. The molecule has 0 spiro atoms. The monoisotopic (exact) mass is 557 g/mol. The van der Waals surface area contributed by atoms with Crippen LogP contribution in [-0.2, 0) is 17.7 Å². The molecule has 2 amide bonds. The van der Waals surface area contributed by atoms with Crippen LogP contribution in [0.3, 0.4) is 0 Å². The molecule has 4 aromatic rings. The molecular weight excluding hydrogens is 518 g/mol. The van der Waals surface area contributed by atoms with Gasteiger partial charge in [-0.05, 0) is 57.4 Å². The summed E-state index contributed by atoms with van der Waals surface area (Å²) in [7, 11) is 3.40. The Morgan fingerprint density at radius 3 is 2.39 bits per heavy atom. The third-order valence-corrected chi connectivity index (χ3v) is 6.47. The van der Waals surface area contributed by atoms with Crippen molar-refractivity contribution in [2.45, 2.75) is 66.0 Å². The maximum atomic E-state index is 12.3. The number of carbonyl (C=O) groups excluding carboxylic acids is 2. The maximum absolute atomic E-state index is 12.3. The van der Waals surface area contributed by atoms with Gasteiger partial charge in [0.25, 0.3) is 0 Å². The second-order valence-electron chi connectivity index (χ2n) is 11.3. The number of pyridine rings is 1. The van der Waals surface area contributed by atoms with Crippen LogP contribution < -0.4 is 10.1 Å². The van der Waals surface area contributed by atoms with E-state index < -0.39 is 11.8 Å². The molecule has 41 heavy (non-hydrogen) atoms. The fourth-order valence-corrected chi connectivity index (χ4v) is 4.36. The lowest BCUT2D eigenvalue weighted by atomic mass is 10.0. The van der Waals surface area contributed by atoms with Crippen LogP contribution in [0.5, 0.6) is 5.75 Å². The normalized spacial score (nSPS) is 11.4. The van der Waals surface area contributed by atoms with E-state index in [1.54, 1.807) is 40.9 Å². The standard InChI is InChI=1S/C32H39N5O4/c1-8-9-14-28-34-26-19-25(35-30(38)36(6)7)21(2)33-29(26)37(28)20-22-15-17-23(18-16-22)24-12-10-11-13-27(24)40-31(39)41-32(3,4)5/h10-13,15-19H,8-9,14,20H2,1-7H3,(H,35,38). The van der Waals surface area contributed by atoms with Crippen LogP contribution in [0.25, 0.3) is 22.3 Å². The number of nitrogens with one attached hydrogen (secondary N) is 1. The Morgan fingerprint density at radius 2 is 1.73 bits per heavy atom. The summed E-state index contributed by atoms with van der Waals surface area (Å²) in [6, 6.07) is 17.3. The summed E-state index contributed by atoms with van der Waals surface area (Å²) in [5.41, 5.74) is 5.08. The lowest BCUT2D eigenvalue weighted by molar-refractivity contribution is 0.0207. The number of benzene rings is 2. The lowest BCUT2D eigenvalue weighted by Gasteiger charge is -2.19. The predicted molar refractivity (Wildman–Crippen MR) is 161 cm³/mol. The summed E-state index contributed by atoms with van der Waals surface area (Å²) in [5.74, 6) is 1.40. The first kappa shape index (κ1) is 29.6. The van der Waals surface area contributed by atoms with Gasteiger partial charge in [0.15, 0.2) is 5.65 Å². The first-order valence-electron chi connectivity index (χ1n) is 13.9. The number of hydrogen-bond acceptors (Lipinski definition) is 6. The molecule has 2 aromatic carbocycles. The van der Waals surface area contributed by atoms with Crippen LogP contribution >= 0.6 is 0 Å². The summed E-state index contributed by atoms with van der Waals surface area (Å²) >= 11 is 0. The first-order valence-corrected chi connectivity index (χ1v) is 13.9. The molecule has 9 nitrogen and oxygen atoms in total. The molecule has 216 valence electrons. The number of para-hydroxylation sites is 1. The summed E-state index contributed by atoms with van der Waals surface area (Å²) in [6.45, 7) is 10.0. The van der Waals surface area contributed by atoms with Gasteiger partial charge in [-0.25, -0.2) is 19.6 Å². The van der Waals surface area contributed by atoms with Crippen molar-refractivity contribution in [3.8, 4) is 16.9 Å². The molecule has 0 aliphatic carbocycles. The van der Waals surface area contributed by atoms with E-state index in [2.05, 4.69) is 28.9 Å². The van der Waals surface area contributed by atoms with E-state index in [1.165, 1.54) is 4.90 Å². The highest BCUT2D eigenvalue weighted by molar-refractivity contribution is 5.91. The van der Waals surface area contributed by atoms with Gasteiger partial charge < -0.3 is 24.3 Å². The van der Waals surface area contributed by atoms with Gasteiger partial charge in [-0.1, -0.05) is 55.8 Å². The Balaban J connectivity index is 1.62. The van der Waals surface area contributed by atoms with Crippen molar-refractivity contribution >= 4 is 29.0 Å². The lowest BCUT2D eigenvalue weighted by Crippen LogP contribution is -2.27. The van der Waals surface area contributed by atoms with Crippen LogP contribution in [0.15, 0.2) is 54.6 Å². The van der Waals surface area contributed by atoms with E-state index in [4.69, 9.17) is 19.4 Å².